The minimum absolute atomic E-state index is 0.0420. The number of halogens is 3. The number of alkyl halides is 3. The van der Waals surface area contributed by atoms with Crippen LogP contribution in [0.3, 0.4) is 0 Å². The van der Waals surface area contributed by atoms with Gasteiger partial charge in [0.2, 0.25) is 0 Å². The molecule has 0 spiro atoms. The molecule has 0 fully saturated rings. The number of esters is 1. The van der Waals surface area contributed by atoms with Crippen molar-refractivity contribution in [1.82, 2.24) is 4.40 Å². The van der Waals surface area contributed by atoms with Gasteiger partial charge in [0.05, 0.1) is 23.3 Å². The fourth-order valence-electron chi connectivity index (χ4n) is 3.37. The fraction of sp³-hybridized carbons (Fsp3) is 0.412. The Balaban J connectivity index is 2.46. The van der Waals surface area contributed by atoms with Crippen LogP contribution in [0.2, 0.25) is 0 Å². The summed E-state index contributed by atoms with van der Waals surface area (Å²) in [5.74, 6) is -0.884. The van der Waals surface area contributed by atoms with E-state index in [1.54, 1.807) is 19.2 Å². The minimum atomic E-state index is -3.85. The number of fused-ring (bicyclic) bond motifs is 3. The molecule has 0 N–H and O–H groups in total. The molecule has 0 bridgehead atoms. The molecule has 0 amide bonds. The first-order valence-corrected chi connectivity index (χ1v) is 8.11. The van der Waals surface area contributed by atoms with E-state index in [-0.39, 0.29) is 17.9 Å². The Morgan fingerprint density at radius 1 is 1.46 bits per heavy atom. The molecule has 0 saturated carbocycles. The number of carbonyl (C=O) groups is 1. The lowest BCUT2D eigenvalue weighted by Gasteiger charge is -2.18. The second-order valence-corrected chi connectivity index (χ2v) is 6.15. The van der Waals surface area contributed by atoms with E-state index in [0.29, 0.717) is 11.9 Å². The van der Waals surface area contributed by atoms with Crippen molar-refractivity contribution in [2.75, 3.05) is 6.61 Å². The van der Waals surface area contributed by atoms with Gasteiger partial charge in [0.1, 0.15) is 11.8 Å². The Labute approximate surface area is 142 Å². The van der Waals surface area contributed by atoms with Crippen molar-refractivity contribution in [3.05, 3.63) is 40.2 Å². The van der Waals surface area contributed by atoms with E-state index in [9.17, 15) is 18.8 Å². The first kappa shape index (κ1) is 16.7. The van der Waals surface area contributed by atoms with Crippen LogP contribution in [-0.4, -0.2) is 17.0 Å². The van der Waals surface area contributed by atoms with E-state index in [0.717, 1.165) is 30.4 Å². The third-order valence-electron chi connectivity index (χ3n) is 4.30. The van der Waals surface area contributed by atoms with Gasteiger partial charge < -0.3 is 9.14 Å². The molecule has 0 atom stereocenters. The summed E-state index contributed by atoms with van der Waals surface area (Å²) in [6.07, 6.45) is 4.92. The van der Waals surface area contributed by atoms with E-state index in [1.165, 1.54) is 4.40 Å². The Morgan fingerprint density at radius 3 is 2.79 bits per heavy atom. The van der Waals surface area contributed by atoms with Crippen LogP contribution in [0.4, 0.5) is 8.78 Å². The number of aromatic nitrogens is 1. The lowest BCUT2D eigenvalue weighted by Crippen LogP contribution is -2.14. The first-order valence-electron chi connectivity index (χ1n) is 7.73. The third kappa shape index (κ3) is 2.53. The molecular weight excluding hydrogens is 338 g/mol. The standard InChI is InChI=1S/C17H15ClF2N2O2/c1-2-24-16(23)13-14(17(18,19)20)12(9-21)22-8-7-10-5-3-4-6-11(10)15(13)22/h7-8H,2-6H2,1H3. The molecule has 2 aromatic rings. The van der Waals surface area contributed by atoms with Crippen LogP contribution in [-0.2, 0) is 23.0 Å². The smallest absolute Gasteiger partial charge is 0.351 e. The van der Waals surface area contributed by atoms with Crippen molar-refractivity contribution in [1.29, 1.82) is 5.26 Å². The molecule has 0 saturated heterocycles. The van der Waals surface area contributed by atoms with E-state index in [2.05, 4.69) is 0 Å². The van der Waals surface area contributed by atoms with Gasteiger partial charge in [0, 0.05) is 6.20 Å². The van der Waals surface area contributed by atoms with Crippen molar-refractivity contribution in [2.45, 2.75) is 38.0 Å². The summed E-state index contributed by atoms with van der Waals surface area (Å²) in [5.41, 5.74) is 0.733. The summed E-state index contributed by atoms with van der Waals surface area (Å²) in [4.78, 5) is 12.4. The predicted octanol–water partition coefficient (Wildman–Crippen LogP) is 4.15. The van der Waals surface area contributed by atoms with Crippen LogP contribution >= 0.6 is 11.6 Å². The lowest BCUT2D eigenvalue weighted by molar-refractivity contribution is 0.0504. The van der Waals surface area contributed by atoms with Gasteiger partial charge in [-0.3, -0.25) is 0 Å². The summed E-state index contributed by atoms with van der Waals surface area (Å²) in [5, 5.41) is 5.55. The van der Waals surface area contributed by atoms with Crippen LogP contribution in [0.1, 0.15) is 52.5 Å². The highest BCUT2D eigenvalue weighted by Gasteiger charge is 2.41. The molecule has 2 heterocycles. The zero-order valence-corrected chi connectivity index (χ0v) is 13.8. The van der Waals surface area contributed by atoms with Crippen molar-refractivity contribution < 1.29 is 18.3 Å². The summed E-state index contributed by atoms with van der Waals surface area (Å²) >= 11 is 5.24. The highest BCUT2D eigenvalue weighted by atomic mass is 35.5. The fourth-order valence-corrected chi connectivity index (χ4v) is 3.55. The van der Waals surface area contributed by atoms with Gasteiger partial charge in [0.15, 0.2) is 0 Å². The number of aryl methyl sites for hydroxylation is 2. The maximum Gasteiger partial charge on any atom is 0.351 e. The summed E-state index contributed by atoms with van der Waals surface area (Å²) in [6.45, 7) is 1.63. The Hall–Kier alpha value is -2.13. The number of pyridine rings is 1. The summed E-state index contributed by atoms with van der Waals surface area (Å²) < 4.78 is 34.4. The minimum Gasteiger partial charge on any atom is -0.462 e. The van der Waals surface area contributed by atoms with Gasteiger partial charge in [-0.1, -0.05) is 0 Å². The zero-order chi connectivity index (χ0) is 17.5. The zero-order valence-electron chi connectivity index (χ0n) is 13.0. The number of rotatable bonds is 3. The molecule has 4 nitrogen and oxygen atoms in total. The largest absolute Gasteiger partial charge is 0.462 e. The number of ether oxygens (including phenoxy) is 1. The number of hydrogen-bond acceptors (Lipinski definition) is 3. The Morgan fingerprint density at radius 2 is 2.17 bits per heavy atom. The molecule has 1 aliphatic rings. The molecule has 0 aliphatic heterocycles. The number of nitriles is 1. The number of hydrogen-bond donors (Lipinski definition) is 0. The Bertz CT molecular complexity index is 862. The van der Waals surface area contributed by atoms with Crippen molar-refractivity contribution in [3.63, 3.8) is 0 Å². The molecule has 0 radical (unpaired) electrons. The molecule has 3 rings (SSSR count). The number of carbonyl (C=O) groups excluding carboxylic acids is 1. The highest BCUT2D eigenvalue weighted by molar-refractivity contribution is 6.23. The van der Waals surface area contributed by atoms with E-state index in [4.69, 9.17) is 16.3 Å². The molecule has 1 aliphatic carbocycles. The van der Waals surface area contributed by atoms with Crippen LogP contribution in [0.15, 0.2) is 12.3 Å². The van der Waals surface area contributed by atoms with Gasteiger partial charge in [-0.15, -0.1) is 0 Å². The molecular formula is C17H15ClF2N2O2. The van der Waals surface area contributed by atoms with Gasteiger partial charge >= 0.3 is 11.4 Å². The molecule has 0 aromatic carbocycles. The van der Waals surface area contributed by atoms with Gasteiger partial charge in [-0.2, -0.15) is 14.0 Å². The maximum absolute atomic E-state index is 14.0. The second kappa shape index (κ2) is 6.06. The molecule has 24 heavy (non-hydrogen) atoms. The monoisotopic (exact) mass is 352 g/mol. The number of nitrogens with zero attached hydrogens (tertiary/aromatic N) is 2. The third-order valence-corrected chi connectivity index (χ3v) is 4.48. The van der Waals surface area contributed by atoms with Crippen molar-refractivity contribution >= 4 is 23.1 Å². The Kier molecular flexibility index (Phi) is 4.22. The van der Waals surface area contributed by atoms with Crippen LogP contribution in [0.25, 0.3) is 5.52 Å². The van der Waals surface area contributed by atoms with E-state index in [1.807, 2.05) is 6.07 Å². The van der Waals surface area contributed by atoms with Crippen LogP contribution in [0.5, 0.6) is 0 Å². The van der Waals surface area contributed by atoms with E-state index < -0.39 is 16.9 Å². The molecule has 126 valence electrons. The molecule has 2 aromatic heterocycles. The van der Waals surface area contributed by atoms with Gasteiger partial charge in [-0.25, -0.2) is 4.79 Å². The lowest BCUT2D eigenvalue weighted by atomic mass is 9.91. The topological polar surface area (TPSA) is 54.5 Å². The first-order chi connectivity index (χ1) is 11.4. The SMILES string of the molecule is CCOC(=O)c1c(C(F)(F)Cl)c(C#N)n2ccc3c(c12)CCCC3. The summed E-state index contributed by atoms with van der Waals surface area (Å²) in [7, 11) is 0. The average Bonchev–Trinajstić information content (AvgIpc) is 2.90. The van der Waals surface area contributed by atoms with Gasteiger partial charge in [-0.05, 0) is 61.4 Å². The van der Waals surface area contributed by atoms with Crippen molar-refractivity contribution in [3.8, 4) is 6.07 Å². The maximum atomic E-state index is 14.0. The quantitative estimate of drug-likeness (QED) is 0.615. The average molecular weight is 353 g/mol. The molecule has 0 unspecified atom stereocenters. The van der Waals surface area contributed by atoms with Crippen LogP contribution < -0.4 is 0 Å². The predicted molar refractivity (Wildman–Crippen MR) is 84.5 cm³/mol. The van der Waals surface area contributed by atoms with E-state index >= 15 is 0 Å². The molecule has 7 heteroatoms. The van der Waals surface area contributed by atoms with Crippen LogP contribution in [0, 0.1) is 11.3 Å². The second-order valence-electron chi connectivity index (χ2n) is 5.67. The van der Waals surface area contributed by atoms with Crippen molar-refractivity contribution in [2.24, 2.45) is 0 Å². The van der Waals surface area contributed by atoms with Gasteiger partial charge in [0.25, 0.3) is 0 Å². The normalized spacial score (nSPS) is 14.3. The summed E-state index contributed by atoms with van der Waals surface area (Å²) in [6, 6.07) is 3.57. The highest BCUT2D eigenvalue weighted by Crippen LogP contribution is 2.42.